The van der Waals surface area contributed by atoms with Gasteiger partial charge in [-0.05, 0) is 41.5 Å². The summed E-state index contributed by atoms with van der Waals surface area (Å²) in [7, 11) is 0. The van der Waals surface area contributed by atoms with E-state index in [1.165, 1.54) is 17.6 Å². The van der Waals surface area contributed by atoms with Crippen LogP contribution in [0, 0.1) is 0 Å². The molecule has 1 aliphatic carbocycles. The van der Waals surface area contributed by atoms with Crippen LogP contribution in [0.1, 0.15) is 68.7 Å². The molecule has 3 nitrogen and oxygen atoms in total. The van der Waals surface area contributed by atoms with Crippen LogP contribution < -0.4 is 0 Å². The first-order chi connectivity index (χ1) is 9.32. The molecule has 3 N–H and O–H groups in total. The van der Waals surface area contributed by atoms with Gasteiger partial charge in [-0.25, -0.2) is 0 Å². The molecule has 0 saturated carbocycles. The molecule has 0 atom stereocenters. The van der Waals surface area contributed by atoms with Gasteiger partial charge < -0.3 is 15.3 Å². The second kappa shape index (κ2) is 15.0. The van der Waals surface area contributed by atoms with Gasteiger partial charge >= 0.3 is 68.2 Å². The molecule has 0 aromatic carbocycles. The molecule has 0 heterocycles. The van der Waals surface area contributed by atoms with E-state index in [4.69, 9.17) is 15.3 Å². The number of hydrogen-bond donors (Lipinski definition) is 3. The fourth-order valence-electron chi connectivity index (χ4n) is 1.08. The summed E-state index contributed by atoms with van der Waals surface area (Å²) in [5.41, 5.74) is 4.56. The fourth-order valence-corrected chi connectivity index (χ4v) is 1.78. The Hall–Kier alpha value is 0.0743. The van der Waals surface area contributed by atoms with Crippen molar-refractivity contribution in [3.05, 3.63) is 20.6 Å². The van der Waals surface area contributed by atoms with Crippen molar-refractivity contribution < 1.29 is 35.8 Å². The van der Waals surface area contributed by atoms with Crippen molar-refractivity contribution in [1.29, 1.82) is 0 Å². The monoisotopic (exact) mass is 335 g/mol. The minimum absolute atomic E-state index is 0.167. The number of aliphatic hydroxyl groups excluding tert-OH is 3. The van der Waals surface area contributed by atoms with E-state index in [1.807, 2.05) is 0 Å². The van der Waals surface area contributed by atoms with Crippen molar-refractivity contribution in [3.63, 3.8) is 0 Å². The van der Waals surface area contributed by atoms with Crippen molar-refractivity contribution in [2.75, 3.05) is 0 Å². The topological polar surface area (TPSA) is 60.7 Å². The van der Waals surface area contributed by atoms with E-state index in [0.717, 1.165) is 0 Å². The molecule has 0 bridgehead atoms. The van der Waals surface area contributed by atoms with E-state index < -0.39 is 0 Å². The Morgan fingerprint density at radius 1 is 0.714 bits per heavy atom. The predicted molar refractivity (Wildman–Crippen MR) is 87.8 cm³/mol. The summed E-state index contributed by atoms with van der Waals surface area (Å²) < 4.78 is 1.55. The standard InChI is InChI=1S/C8H11.3C3H8O.Ti/c1-6-4-5-7(2)8(6)3;3*1-3(2)4;/h4H2,1-3H3;3*3-4H,1-2H3;. The third-order valence-corrected chi connectivity index (χ3v) is 2.96. The van der Waals surface area contributed by atoms with Gasteiger partial charge in [-0.1, -0.05) is 0 Å². The predicted octanol–water partition coefficient (Wildman–Crippen LogP) is 3.71. The molecule has 0 aromatic rings. The Bertz CT molecular complexity index is 271. The summed E-state index contributed by atoms with van der Waals surface area (Å²) in [4.78, 5) is 0. The van der Waals surface area contributed by atoms with Crippen LogP contribution in [0.4, 0.5) is 0 Å². The van der Waals surface area contributed by atoms with Gasteiger partial charge in [0.1, 0.15) is 0 Å². The van der Waals surface area contributed by atoms with Crippen molar-refractivity contribution in [1.82, 2.24) is 0 Å². The Morgan fingerprint density at radius 3 is 1.00 bits per heavy atom. The molecule has 0 spiro atoms. The summed E-state index contributed by atoms with van der Waals surface area (Å²) in [6.07, 6.45) is 0.706. The van der Waals surface area contributed by atoms with Crippen LogP contribution >= 0.6 is 0 Å². The molecule has 0 unspecified atom stereocenters. The molecule has 4 heteroatoms. The molecular weight excluding hydrogens is 300 g/mol. The third-order valence-electron chi connectivity index (χ3n) is 2.10. The van der Waals surface area contributed by atoms with Crippen LogP contribution in [0.2, 0.25) is 0 Å². The molecule has 0 fully saturated rings. The molecular formula is C17H35O3Ti. The number of rotatable bonds is 0. The summed E-state index contributed by atoms with van der Waals surface area (Å²) in [5, 5.41) is 24.2. The van der Waals surface area contributed by atoms with Crippen molar-refractivity contribution in [2.45, 2.75) is 87.0 Å². The molecule has 1 rings (SSSR count). The zero-order valence-electron chi connectivity index (χ0n) is 15.3. The second-order valence-corrected chi connectivity index (χ2v) is 6.91. The first kappa shape index (κ1) is 26.0. The first-order valence-electron chi connectivity index (χ1n) is 7.45. The maximum absolute atomic E-state index is 8.06. The van der Waals surface area contributed by atoms with Gasteiger partial charge in [-0.2, -0.15) is 0 Å². The fraction of sp³-hybridized carbons (Fsp3) is 0.765. The number of aliphatic hydroxyl groups is 3. The van der Waals surface area contributed by atoms with E-state index in [0.29, 0.717) is 0 Å². The normalized spacial score (nSPS) is 13.6. The van der Waals surface area contributed by atoms with Crippen molar-refractivity contribution in [3.8, 4) is 0 Å². The van der Waals surface area contributed by atoms with E-state index in [-0.39, 0.29) is 18.3 Å². The molecule has 0 saturated heterocycles. The Kier molecular flexibility index (Phi) is 18.6. The van der Waals surface area contributed by atoms with E-state index >= 15 is 0 Å². The van der Waals surface area contributed by atoms with E-state index in [1.54, 1.807) is 51.0 Å². The Labute approximate surface area is 143 Å². The molecule has 125 valence electrons. The van der Waals surface area contributed by atoms with Crippen LogP contribution in [0.3, 0.4) is 0 Å². The van der Waals surface area contributed by atoms with E-state index in [2.05, 4.69) is 41.2 Å². The third kappa shape index (κ3) is 25.4. The molecule has 0 aromatic heterocycles. The van der Waals surface area contributed by atoms with Crippen LogP contribution in [-0.4, -0.2) is 33.6 Å². The maximum atomic E-state index is 8.06. The summed E-state index contributed by atoms with van der Waals surface area (Å²) >= 11 is 2.22. The van der Waals surface area contributed by atoms with Gasteiger partial charge in [0, 0.05) is 18.3 Å². The molecule has 0 aliphatic heterocycles. The Balaban J connectivity index is -0.000000230. The summed E-state index contributed by atoms with van der Waals surface area (Å²) in [6, 6.07) is 0. The summed E-state index contributed by atoms with van der Waals surface area (Å²) in [6.45, 7) is 17.0. The molecule has 0 amide bonds. The van der Waals surface area contributed by atoms with Crippen molar-refractivity contribution >= 4 is 0 Å². The quantitative estimate of drug-likeness (QED) is 0.592. The Morgan fingerprint density at radius 2 is 0.952 bits per heavy atom. The minimum atomic E-state index is -0.167. The molecule has 0 radical (unpaired) electrons. The number of hydrogen-bond acceptors (Lipinski definition) is 3. The van der Waals surface area contributed by atoms with Gasteiger partial charge in [-0.3, -0.25) is 0 Å². The van der Waals surface area contributed by atoms with Crippen molar-refractivity contribution in [2.24, 2.45) is 0 Å². The average Bonchev–Trinajstić information content (AvgIpc) is 2.43. The SMILES string of the molecule is CC(C)O.CC(C)O.CC(C)O.CC1=C(C)C(C)=[C]([Ti])C1. The molecule has 21 heavy (non-hydrogen) atoms. The van der Waals surface area contributed by atoms with Gasteiger partial charge in [0.05, 0.1) is 0 Å². The van der Waals surface area contributed by atoms with Crippen LogP contribution in [0.25, 0.3) is 0 Å². The summed E-state index contributed by atoms with van der Waals surface area (Å²) in [5.74, 6) is 0. The van der Waals surface area contributed by atoms with Crippen LogP contribution in [0.5, 0.6) is 0 Å². The second-order valence-electron chi connectivity index (χ2n) is 5.97. The van der Waals surface area contributed by atoms with Gasteiger partial charge in [0.2, 0.25) is 0 Å². The van der Waals surface area contributed by atoms with Gasteiger partial charge in [0.25, 0.3) is 0 Å². The van der Waals surface area contributed by atoms with Gasteiger partial charge in [-0.15, -0.1) is 0 Å². The zero-order valence-corrected chi connectivity index (χ0v) is 16.8. The average molecular weight is 335 g/mol. The molecule has 1 aliphatic rings. The zero-order chi connectivity index (χ0) is 17.7. The van der Waals surface area contributed by atoms with Crippen LogP contribution in [-0.2, 0) is 20.4 Å². The van der Waals surface area contributed by atoms with Crippen LogP contribution in [0.15, 0.2) is 20.6 Å². The first-order valence-corrected chi connectivity index (χ1v) is 8.23. The number of allylic oxidation sites excluding steroid dienone is 4. The van der Waals surface area contributed by atoms with E-state index in [9.17, 15) is 0 Å². The van der Waals surface area contributed by atoms with Gasteiger partial charge in [0.15, 0.2) is 0 Å².